The standard InChI is InChI=1S/C15H17BrClF3/c16-13(9-11-3-1-2-4-14(11)17)10-5-7-12(8-6-10)15(18,19)20/h1-4,10,12-13H,5-9H2. The van der Waals surface area contributed by atoms with Crippen molar-refractivity contribution >= 4 is 27.5 Å². The van der Waals surface area contributed by atoms with Crippen molar-refractivity contribution in [2.24, 2.45) is 11.8 Å². The summed E-state index contributed by atoms with van der Waals surface area (Å²) < 4.78 is 37.9. The van der Waals surface area contributed by atoms with Crippen LogP contribution < -0.4 is 0 Å². The Morgan fingerprint density at radius 1 is 1.15 bits per heavy atom. The van der Waals surface area contributed by atoms with Gasteiger partial charge in [0.25, 0.3) is 0 Å². The number of hydrogen-bond donors (Lipinski definition) is 0. The summed E-state index contributed by atoms with van der Waals surface area (Å²) in [7, 11) is 0. The largest absolute Gasteiger partial charge is 0.391 e. The molecule has 1 fully saturated rings. The van der Waals surface area contributed by atoms with Crippen LogP contribution in [0, 0.1) is 11.8 Å². The average Bonchev–Trinajstić information content (AvgIpc) is 2.40. The van der Waals surface area contributed by atoms with Crippen LogP contribution in [-0.2, 0) is 6.42 Å². The Kier molecular flexibility index (Phi) is 5.41. The van der Waals surface area contributed by atoms with Crippen LogP contribution in [0.1, 0.15) is 31.2 Å². The summed E-state index contributed by atoms with van der Waals surface area (Å²) in [4.78, 5) is 0.191. The summed E-state index contributed by atoms with van der Waals surface area (Å²) in [6.45, 7) is 0. The van der Waals surface area contributed by atoms with Crippen LogP contribution in [0.3, 0.4) is 0 Å². The summed E-state index contributed by atoms with van der Waals surface area (Å²) in [6.07, 6.45) is -1.51. The van der Waals surface area contributed by atoms with E-state index in [1.54, 1.807) is 0 Å². The van der Waals surface area contributed by atoms with Crippen LogP contribution in [-0.4, -0.2) is 11.0 Å². The predicted molar refractivity (Wildman–Crippen MR) is 79.4 cm³/mol. The Morgan fingerprint density at radius 3 is 2.30 bits per heavy atom. The van der Waals surface area contributed by atoms with E-state index in [4.69, 9.17) is 11.6 Å². The SMILES string of the molecule is FC(F)(F)C1CCC(C(Br)Cc2ccccc2Cl)CC1. The van der Waals surface area contributed by atoms with Gasteiger partial charge in [-0.2, -0.15) is 13.2 Å². The molecule has 0 N–H and O–H groups in total. The van der Waals surface area contributed by atoms with Gasteiger partial charge >= 0.3 is 6.18 Å². The van der Waals surface area contributed by atoms with Crippen molar-refractivity contribution in [1.82, 2.24) is 0 Å². The highest BCUT2D eigenvalue weighted by molar-refractivity contribution is 9.09. The molecule has 1 aliphatic rings. The summed E-state index contributed by atoms with van der Waals surface area (Å²) in [5.41, 5.74) is 1.05. The third-order valence-electron chi connectivity index (χ3n) is 4.12. The molecule has 1 aromatic carbocycles. The molecule has 1 unspecified atom stereocenters. The topological polar surface area (TPSA) is 0 Å². The van der Waals surface area contributed by atoms with Gasteiger partial charge in [0.05, 0.1) is 5.92 Å². The molecule has 5 heteroatoms. The Hall–Kier alpha value is -0.220. The molecule has 0 aliphatic heterocycles. The maximum Gasteiger partial charge on any atom is 0.391 e. The summed E-state index contributed by atoms with van der Waals surface area (Å²) >= 11 is 9.76. The number of benzene rings is 1. The van der Waals surface area contributed by atoms with Gasteiger partial charge in [-0.15, -0.1) is 0 Å². The first-order chi connectivity index (χ1) is 9.38. The molecule has 1 atom stereocenters. The molecule has 0 amide bonds. The zero-order chi connectivity index (χ0) is 14.8. The molecule has 0 aromatic heterocycles. The van der Waals surface area contributed by atoms with Crippen molar-refractivity contribution in [3.05, 3.63) is 34.9 Å². The molecule has 0 spiro atoms. The lowest BCUT2D eigenvalue weighted by Crippen LogP contribution is -2.30. The van der Waals surface area contributed by atoms with Crippen LogP contribution in [0.4, 0.5) is 13.2 Å². The quantitative estimate of drug-likeness (QED) is 0.572. The van der Waals surface area contributed by atoms with Gasteiger partial charge in [-0.05, 0) is 49.7 Å². The van der Waals surface area contributed by atoms with Gasteiger partial charge in [0, 0.05) is 9.85 Å². The lowest BCUT2D eigenvalue weighted by molar-refractivity contribution is -0.183. The number of rotatable bonds is 3. The first kappa shape index (κ1) is 16.2. The molecule has 20 heavy (non-hydrogen) atoms. The molecule has 1 saturated carbocycles. The van der Waals surface area contributed by atoms with Gasteiger partial charge in [0.15, 0.2) is 0 Å². The van der Waals surface area contributed by atoms with Gasteiger partial charge in [0.1, 0.15) is 0 Å². The zero-order valence-electron chi connectivity index (χ0n) is 11.0. The molecular formula is C15H17BrClF3. The maximum atomic E-state index is 12.6. The molecule has 0 nitrogen and oxygen atoms in total. The smallest absolute Gasteiger partial charge is 0.171 e. The van der Waals surface area contributed by atoms with Gasteiger partial charge in [-0.3, -0.25) is 0 Å². The van der Waals surface area contributed by atoms with E-state index in [1.807, 2.05) is 24.3 Å². The van der Waals surface area contributed by atoms with Crippen LogP contribution in [0.25, 0.3) is 0 Å². The molecular weight excluding hydrogens is 353 g/mol. The normalized spacial score (nSPS) is 25.4. The highest BCUT2D eigenvalue weighted by atomic mass is 79.9. The molecule has 1 aliphatic carbocycles. The van der Waals surface area contributed by atoms with Crippen LogP contribution >= 0.6 is 27.5 Å². The van der Waals surface area contributed by atoms with E-state index in [0.29, 0.717) is 18.8 Å². The Bertz CT molecular complexity index is 439. The fraction of sp³-hybridized carbons (Fsp3) is 0.600. The van der Waals surface area contributed by atoms with E-state index in [2.05, 4.69) is 15.9 Å². The van der Waals surface area contributed by atoms with Crippen molar-refractivity contribution in [3.63, 3.8) is 0 Å². The summed E-state index contributed by atoms with van der Waals surface area (Å²) in [6, 6.07) is 7.63. The first-order valence-corrected chi connectivity index (χ1v) is 8.11. The van der Waals surface area contributed by atoms with Crippen molar-refractivity contribution < 1.29 is 13.2 Å². The van der Waals surface area contributed by atoms with E-state index < -0.39 is 12.1 Å². The number of halogens is 5. The van der Waals surface area contributed by atoms with Crippen LogP contribution in [0.5, 0.6) is 0 Å². The Balaban J connectivity index is 1.89. The Labute approximate surface area is 130 Å². The van der Waals surface area contributed by atoms with Crippen molar-refractivity contribution in [1.29, 1.82) is 0 Å². The second-order valence-electron chi connectivity index (χ2n) is 5.46. The summed E-state index contributed by atoms with van der Waals surface area (Å²) in [5, 5.41) is 0.723. The third-order valence-corrected chi connectivity index (χ3v) is 5.56. The fourth-order valence-corrected chi connectivity index (χ4v) is 3.94. The van der Waals surface area contributed by atoms with Crippen LogP contribution in [0.15, 0.2) is 24.3 Å². The first-order valence-electron chi connectivity index (χ1n) is 6.82. The monoisotopic (exact) mass is 368 g/mol. The molecule has 2 rings (SSSR count). The average molecular weight is 370 g/mol. The maximum absolute atomic E-state index is 12.6. The second kappa shape index (κ2) is 6.69. The second-order valence-corrected chi connectivity index (χ2v) is 7.05. The minimum absolute atomic E-state index is 0.191. The molecule has 0 saturated heterocycles. The van der Waals surface area contributed by atoms with Crippen molar-refractivity contribution in [3.8, 4) is 0 Å². The zero-order valence-corrected chi connectivity index (χ0v) is 13.3. The number of alkyl halides is 4. The van der Waals surface area contributed by atoms with Gasteiger partial charge in [0.2, 0.25) is 0 Å². The predicted octanol–water partition coefficient (Wildman–Crippen LogP) is 6.01. The minimum Gasteiger partial charge on any atom is -0.171 e. The van der Waals surface area contributed by atoms with E-state index in [0.717, 1.165) is 17.0 Å². The van der Waals surface area contributed by atoms with Crippen LogP contribution in [0.2, 0.25) is 5.02 Å². The fourth-order valence-electron chi connectivity index (χ4n) is 2.85. The van der Waals surface area contributed by atoms with Crippen molar-refractivity contribution in [2.45, 2.75) is 43.1 Å². The molecule has 0 radical (unpaired) electrons. The lowest BCUT2D eigenvalue weighted by Gasteiger charge is -2.32. The van der Waals surface area contributed by atoms with Gasteiger partial charge in [-0.25, -0.2) is 0 Å². The highest BCUT2D eigenvalue weighted by Crippen LogP contribution is 2.42. The van der Waals surface area contributed by atoms with Gasteiger partial charge in [-0.1, -0.05) is 45.7 Å². The number of hydrogen-bond acceptors (Lipinski definition) is 0. The van der Waals surface area contributed by atoms with E-state index >= 15 is 0 Å². The highest BCUT2D eigenvalue weighted by Gasteiger charge is 2.42. The molecule has 0 bridgehead atoms. The molecule has 112 valence electrons. The van der Waals surface area contributed by atoms with E-state index in [1.165, 1.54) is 0 Å². The molecule has 0 heterocycles. The minimum atomic E-state index is -4.03. The van der Waals surface area contributed by atoms with Gasteiger partial charge < -0.3 is 0 Å². The third kappa shape index (κ3) is 4.14. The molecule has 1 aromatic rings. The van der Waals surface area contributed by atoms with E-state index in [9.17, 15) is 13.2 Å². The lowest BCUT2D eigenvalue weighted by atomic mass is 9.79. The van der Waals surface area contributed by atoms with Crippen molar-refractivity contribution in [2.75, 3.05) is 0 Å². The Morgan fingerprint density at radius 2 is 1.75 bits per heavy atom. The van der Waals surface area contributed by atoms with E-state index in [-0.39, 0.29) is 17.7 Å². The summed E-state index contributed by atoms with van der Waals surface area (Å²) in [5.74, 6) is -0.816.